The van der Waals surface area contributed by atoms with Crippen LogP contribution in [0.3, 0.4) is 0 Å². The lowest BCUT2D eigenvalue weighted by Crippen LogP contribution is -2.51. The van der Waals surface area contributed by atoms with Gasteiger partial charge in [0, 0.05) is 32.8 Å². The lowest BCUT2D eigenvalue weighted by atomic mass is 9.80. The molecule has 6 nitrogen and oxygen atoms in total. The van der Waals surface area contributed by atoms with Gasteiger partial charge in [-0.25, -0.2) is 4.79 Å². The van der Waals surface area contributed by atoms with Gasteiger partial charge in [-0.2, -0.15) is 0 Å². The first-order chi connectivity index (χ1) is 9.42. The van der Waals surface area contributed by atoms with Crippen LogP contribution in [0.4, 0.5) is 4.79 Å². The predicted octanol–water partition coefficient (Wildman–Crippen LogP) is 1.40. The van der Waals surface area contributed by atoms with E-state index in [0.29, 0.717) is 39.1 Å². The van der Waals surface area contributed by atoms with Gasteiger partial charge in [0.2, 0.25) is 0 Å². The Morgan fingerprint density at radius 2 is 1.85 bits per heavy atom. The molecule has 1 atom stereocenters. The van der Waals surface area contributed by atoms with Gasteiger partial charge in [-0.05, 0) is 33.1 Å². The Kier molecular flexibility index (Phi) is 4.52. The number of amides is 2. The van der Waals surface area contributed by atoms with E-state index >= 15 is 0 Å². The predicted molar refractivity (Wildman–Crippen MR) is 73.5 cm³/mol. The number of hydrogen-bond donors (Lipinski definition) is 1. The number of rotatable bonds is 1. The van der Waals surface area contributed by atoms with Gasteiger partial charge in [0.1, 0.15) is 0 Å². The van der Waals surface area contributed by atoms with Crippen LogP contribution in [0, 0.1) is 5.41 Å². The Balaban J connectivity index is 1.92. The molecule has 0 aromatic rings. The summed E-state index contributed by atoms with van der Waals surface area (Å²) in [5.41, 5.74) is -0.689. The Morgan fingerprint density at radius 1 is 1.20 bits per heavy atom. The second kappa shape index (κ2) is 5.99. The largest absolute Gasteiger partial charge is 0.481 e. The fraction of sp³-hybridized carbons (Fsp3) is 0.857. The molecule has 0 saturated carbocycles. The highest BCUT2D eigenvalue weighted by atomic mass is 16.5. The fourth-order valence-corrected chi connectivity index (χ4v) is 2.77. The van der Waals surface area contributed by atoms with Crippen LogP contribution < -0.4 is 0 Å². The highest BCUT2D eigenvalue weighted by Gasteiger charge is 2.39. The SMILES string of the molecule is CC1CN(C(=O)N2CCC(C)(C(=O)O)CC2)CCCO1. The van der Waals surface area contributed by atoms with Crippen LogP contribution in [0.15, 0.2) is 0 Å². The molecule has 0 aromatic carbocycles. The van der Waals surface area contributed by atoms with Crippen molar-refractivity contribution in [1.29, 1.82) is 0 Å². The molecular weight excluding hydrogens is 260 g/mol. The summed E-state index contributed by atoms with van der Waals surface area (Å²) in [7, 11) is 0. The summed E-state index contributed by atoms with van der Waals surface area (Å²) in [6.07, 6.45) is 1.97. The quantitative estimate of drug-likeness (QED) is 0.790. The number of ether oxygens (including phenoxy) is 1. The van der Waals surface area contributed by atoms with E-state index in [-0.39, 0.29) is 12.1 Å². The van der Waals surface area contributed by atoms with Crippen LogP contribution in [0.5, 0.6) is 0 Å². The first kappa shape index (κ1) is 15.1. The van der Waals surface area contributed by atoms with E-state index < -0.39 is 11.4 Å². The van der Waals surface area contributed by atoms with E-state index in [2.05, 4.69) is 0 Å². The monoisotopic (exact) mass is 284 g/mol. The molecule has 0 aromatic heterocycles. The summed E-state index contributed by atoms with van der Waals surface area (Å²) in [6.45, 7) is 6.81. The van der Waals surface area contributed by atoms with E-state index in [4.69, 9.17) is 4.74 Å². The molecule has 0 bridgehead atoms. The van der Waals surface area contributed by atoms with E-state index in [1.807, 2.05) is 11.8 Å². The maximum absolute atomic E-state index is 12.5. The van der Waals surface area contributed by atoms with Gasteiger partial charge in [0.15, 0.2) is 0 Å². The highest BCUT2D eigenvalue weighted by Crippen LogP contribution is 2.31. The second-order valence-corrected chi connectivity index (χ2v) is 6.12. The number of aliphatic carboxylic acids is 1. The number of carboxylic acids is 1. The average molecular weight is 284 g/mol. The normalized spacial score (nSPS) is 27.0. The molecule has 6 heteroatoms. The Morgan fingerprint density at radius 3 is 2.45 bits per heavy atom. The molecule has 1 N–H and O–H groups in total. The van der Waals surface area contributed by atoms with Crippen molar-refractivity contribution in [2.45, 2.75) is 39.2 Å². The smallest absolute Gasteiger partial charge is 0.320 e. The highest BCUT2D eigenvalue weighted by molar-refractivity contribution is 5.77. The Labute approximate surface area is 119 Å². The molecule has 0 spiro atoms. The van der Waals surface area contributed by atoms with Gasteiger partial charge in [0.05, 0.1) is 11.5 Å². The van der Waals surface area contributed by atoms with Crippen molar-refractivity contribution >= 4 is 12.0 Å². The zero-order valence-electron chi connectivity index (χ0n) is 12.3. The maximum Gasteiger partial charge on any atom is 0.320 e. The van der Waals surface area contributed by atoms with Gasteiger partial charge in [-0.15, -0.1) is 0 Å². The molecule has 2 saturated heterocycles. The van der Waals surface area contributed by atoms with Gasteiger partial charge >= 0.3 is 12.0 Å². The van der Waals surface area contributed by atoms with Gasteiger partial charge in [0.25, 0.3) is 0 Å². The molecule has 2 aliphatic rings. The number of urea groups is 1. The molecule has 2 amide bonds. The van der Waals surface area contributed by atoms with Crippen molar-refractivity contribution in [3.8, 4) is 0 Å². The Hall–Kier alpha value is -1.30. The minimum Gasteiger partial charge on any atom is -0.481 e. The van der Waals surface area contributed by atoms with Crippen LogP contribution in [-0.2, 0) is 9.53 Å². The number of likely N-dealkylation sites (tertiary alicyclic amines) is 1. The van der Waals surface area contributed by atoms with Crippen LogP contribution >= 0.6 is 0 Å². The first-order valence-electron chi connectivity index (χ1n) is 7.31. The summed E-state index contributed by atoms with van der Waals surface area (Å²) in [5.74, 6) is -0.763. The minimum atomic E-state index is -0.763. The standard InChI is InChI=1S/C14H24N2O4/c1-11-10-16(6-3-9-20-11)13(19)15-7-4-14(2,5-8-15)12(17)18/h11H,3-10H2,1-2H3,(H,17,18). The van der Waals surface area contributed by atoms with Crippen molar-refractivity contribution < 1.29 is 19.4 Å². The lowest BCUT2D eigenvalue weighted by Gasteiger charge is -2.38. The molecule has 114 valence electrons. The molecule has 0 radical (unpaired) electrons. The molecule has 2 heterocycles. The third-order valence-corrected chi connectivity index (χ3v) is 4.38. The van der Waals surface area contributed by atoms with Crippen molar-refractivity contribution in [3.05, 3.63) is 0 Å². The summed E-state index contributed by atoms with van der Waals surface area (Å²) in [6, 6.07) is 0.0230. The number of hydrogen-bond acceptors (Lipinski definition) is 3. The number of carbonyl (C=O) groups is 2. The number of piperidine rings is 1. The van der Waals surface area contributed by atoms with Crippen LogP contribution in [0.25, 0.3) is 0 Å². The zero-order valence-corrected chi connectivity index (χ0v) is 12.3. The number of carboxylic acid groups (broad SMARTS) is 1. The Bertz CT molecular complexity index is 377. The molecule has 0 aliphatic carbocycles. The van der Waals surface area contributed by atoms with Crippen molar-refractivity contribution in [3.63, 3.8) is 0 Å². The van der Waals surface area contributed by atoms with E-state index in [9.17, 15) is 14.7 Å². The summed E-state index contributed by atoms with van der Waals surface area (Å²) in [5, 5.41) is 9.21. The van der Waals surface area contributed by atoms with Crippen LogP contribution in [0.1, 0.15) is 33.1 Å². The molecule has 2 fully saturated rings. The molecule has 2 aliphatic heterocycles. The van der Waals surface area contributed by atoms with Crippen LogP contribution in [0.2, 0.25) is 0 Å². The second-order valence-electron chi connectivity index (χ2n) is 6.12. The van der Waals surface area contributed by atoms with Crippen molar-refractivity contribution in [1.82, 2.24) is 9.80 Å². The van der Waals surface area contributed by atoms with E-state index in [1.165, 1.54) is 0 Å². The topological polar surface area (TPSA) is 70.1 Å². The van der Waals surface area contributed by atoms with E-state index in [1.54, 1.807) is 11.8 Å². The van der Waals surface area contributed by atoms with E-state index in [0.717, 1.165) is 13.0 Å². The van der Waals surface area contributed by atoms with Crippen LogP contribution in [-0.4, -0.2) is 65.8 Å². The summed E-state index contributed by atoms with van der Waals surface area (Å²) in [4.78, 5) is 27.3. The summed E-state index contributed by atoms with van der Waals surface area (Å²) < 4.78 is 5.54. The third-order valence-electron chi connectivity index (χ3n) is 4.38. The number of carbonyl (C=O) groups excluding carboxylic acids is 1. The lowest BCUT2D eigenvalue weighted by molar-refractivity contribution is -0.150. The third kappa shape index (κ3) is 3.23. The zero-order chi connectivity index (χ0) is 14.8. The van der Waals surface area contributed by atoms with Crippen molar-refractivity contribution in [2.75, 3.05) is 32.8 Å². The number of nitrogens with zero attached hydrogens (tertiary/aromatic N) is 2. The fourth-order valence-electron chi connectivity index (χ4n) is 2.77. The maximum atomic E-state index is 12.5. The average Bonchev–Trinajstić information content (AvgIpc) is 2.63. The molecular formula is C14H24N2O4. The minimum absolute atomic E-state index is 0.0230. The molecule has 20 heavy (non-hydrogen) atoms. The van der Waals surface area contributed by atoms with Gasteiger partial charge in [-0.3, -0.25) is 4.79 Å². The van der Waals surface area contributed by atoms with Gasteiger partial charge in [-0.1, -0.05) is 0 Å². The van der Waals surface area contributed by atoms with Gasteiger partial charge < -0.3 is 19.6 Å². The molecule has 2 rings (SSSR count). The first-order valence-corrected chi connectivity index (χ1v) is 7.31. The summed E-state index contributed by atoms with van der Waals surface area (Å²) >= 11 is 0. The van der Waals surface area contributed by atoms with Crippen molar-refractivity contribution in [2.24, 2.45) is 5.41 Å². The molecule has 1 unspecified atom stereocenters.